The van der Waals surface area contributed by atoms with Crippen LogP contribution in [0, 0.1) is 0 Å². The zero-order valence-corrected chi connectivity index (χ0v) is 9.37. The molecular weight excluding hydrogens is 224 g/mol. The molecule has 0 atom stereocenters. The number of likely N-dealkylation sites (tertiary alicyclic amines) is 1. The molecule has 0 aliphatic carbocycles. The van der Waals surface area contributed by atoms with Crippen molar-refractivity contribution in [2.24, 2.45) is 0 Å². The van der Waals surface area contributed by atoms with Crippen LogP contribution in [0.5, 0.6) is 0 Å². The predicted molar refractivity (Wildman–Crippen MR) is 57.2 cm³/mol. The van der Waals surface area contributed by atoms with Crippen LogP contribution in [-0.4, -0.2) is 50.0 Å². The molecule has 1 aromatic heterocycles. The molecule has 0 spiro atoms. The Balaban J connectivity index is 1.84. The number of nitrogens with zero attached hydrogens (tertiary/aromatic N) is 4. The van der Waals surface area contributed by atoms with Crippen LogP contribution in [0.25, 0.3) is 0 Å². The van der Waals surface area contributed by atoms with Crippen LogP contribution in [-0.2, 0) is 22.6 Å². The van der Waals surface area contributed by atoms with Gasteiger partial charge < -0.3 is 10.0 Å². The summed E-state index contributed by atoms with van der Waals surface area (Å²) >= 11 is 0. The van der Waals surface area contributed by atoms with Gasteiger partial charge >= 0.3 is 5.97 Å². The Morgan fingerprint density at radius 1 is 1.41 bits per heavy atom. The summed E-state index contributed by atoms with van der Waals surface area (Å²) in [5, 5.41) is 16.1. The first-order valence-electron chi connectivity index (χ1n) is 5.54. The van der Waals surface area contributed by atoms with E-state index < -0.39 is 5.97 Å². The van der Waals surface area contributed by atoms with E-state index in [-0.39, 0.29) is 18.9 Å². The van der Waals surface area contributed by atoms with Gasteiger partial charge in [0.25, 0.3) is 0 Å². The fourth-order valence-electron chi connectivity index (χ4n) is 1.57. The number of aryl methyl sites for hydroxylation is 1. The molecule has 2 rings (SSSR count). The Labute approximate surface area is 98.0 Å². The molecule has 0 bridgehead atoms. The van der Waals surface area contributed by atoms with Crippen LogP contribution in [0.3, 0.4) is 0 Å². The molecule has 2 heterocycles. The van der Waals surface area contributed by atoms with Crippen LogP contribution < -0.4 is 0 Å². The van der Waals surface area contributed by atoms with E-state index in [1.165, 1.54) is 4.68 Å². The monoisotopic (exact) mass is 238 g/mol. The Bertz CT molecular complexity index is 425. The third-order valence-electron chi connectivity index (χ3n) is 2.69. The minimum Gasteiger partial charge on any atom is -0.481 e. The zero-order valence-electron chi connectivity index (χ0n) is 9.37. The molecule has 1 amide bonds. The van der Waals surface area contributed by atoms with Gasteiger partial charge in [0.15, 0.2) is 0 Å². The quantitative estimate of drug-likeness (QED) is 0.749. The first-order valence-corrected chi connectivity index (χ1v) is 5.54. The van der Waals surface area contributed by atoms with Crippen LogP contribution in [0.4, 0.5) is 0 Å². The highest BCUT2D eigenvalue weighted by Crippen LogP contribution is 2.07. The molecule has 1 aliphatic heterocycles. The molecule has 1 aliphatic rings. The second kappa shape index (κ2) is 4.94. The second-order valence-corrected chi connectivity index (χ2v) is 4.04. The van der Waals surface area contributed by atoms with Crippen molar-refractivity contribution in [3.63, 3.8) is 0 Å². The number of aromatic nitrogens is 3. The van der Waals surface area contributed by atoms with Gasteiger partial charge in [0.2, 0.25) is 5.91 Å². The SMILES string of the molecule is O=C(O)CCc1cn(CC(=O)N2CCC2)nn1. The lowest BCUT2D eigenvalue weighted by atomic mass is 10.2. The molecule has 92 valence electrons. The molecule has 0 saturated carbocycles. The third kappa shape index (κ3) is 3.02. The summed E-state index contributed by atoms with van der Waals surface area (Å²) in [6.45, 7) is 1.82. The van der Waals surface area contributed by atoms with Gasteiger partial charge in [-0.15, -0.1) is 5.10 Å². The largest absolute Gasteiger partial charge is 0.481 e. The normalized spacial score (nSPS) is 14.5. The maximum Gasteiger partial charge on any atom is 0.303 e. The lowest BCUT2D eigenvalue weighted by Crippen LogP contribution is -2.43. The van der Waals surface area contributed by atoms with E-state index in [4.69, 9.17) is 5.11 Å². The van der Waals surface area contributed by atoms with E-state index >= 15 is 0 Å². The van der Waals surface area contributed by atoms with Crippen LogP contribution in [0.1, 0.15) is 18.5 Å². The van der Waals surface area contributed by atoms with Gasteiger partial charge in [0, 0.05) is 25.7 Å². The number of rotatable bonds is 5. The van der Waals surface area contributed by atoms with E-state index in [1.54, 1.807) is 11.1 Å². The zero-order chi connectivity index (χ0) is 12.3. The van der Waals surface area contributed by atoms with Crippen LogP contribution >= 0.6 is 0 Å². The summed E-state index contributed by atoms with van der Waals surface area (Å²) in [4.78, 5) is 23.8. The van der Waals surface area contributed by atoms with Gasteiger partial charge in [-0.05, 0) is 6.42 Å². The van der Waals surface area contributed by atoms with Gasteiger partial charge in [-0.25, -0.2) is 4.68 Å². The first kappa shape index (κ1) is 11.6. The Morgan fingerprint density at radius 2 is 2.18 bits per heavy atom. The molecule has 17 heavy (non-hydrogen) atoms. The summed E-state index contributed by atoms with van der Waals surface area (Å²) in [5.74, 6) is -0.831. The number of carboxylic acids is 1. The van der Waals surface area contributed by atoms with Gasteiger partial charge in [0.05, 0.1) is 12.1 Å². The standard InChI is InChI=1S/C10H14N4O3/c15-9(13-4-1-5-13)7-14-6-8(11-12-14)2-3-10(16)17/h6H,1-5,7H2,(H,16,17). The van der Waals surface area contributed by atoms with Crippen LogP contribution in [0.15, 0.2) is 6.20 Å². The number of amides is 1. The first-order chi connectivity index (χ1) is 8.15. The summed E-state index contributed by atoms with van der Waals surface area (Å²) in [6.07, 6.45) is 3.06. The van der Waals surface area contributed by atoms with Crippen molar-refractivity contribution in [3.8, 4) is 0 Å². The molecular formula is C10H14N4O3. The van der Waals surface area contributed by atoms with E-state index in [0.717, 1.165) is 19.5 Å². The Morgan fingerprint density at radius 3 is 2.76 bits per heavy atom. The maximum absolute atomic E-state index is 11.6. The second-order valence-electron chi connectivity index (χ2n) is 4.04. The maximum atomic E-state index is 11.6. The molecule has 0 aromatic carbocycles. The average Bonchev–Trinajstić information content (AvgIpc) is 2.59. The van der Waals surface area contributed by atoms with Gasteiger partial charge in [0.1, 0.15) is 6.54 Å². The van der Waals surface area contributed by atoms with Gasteiger partial charge in [-0.3, -0.25) is 9.59 Å². The highest BCUT2D eigenvalue weighted by molar-refractivity contribution is 5.76. The third-order valence-corrected chi connectivity index (χ3v) is 2.69. The van der Waals surface area contributed by atoms with Crippen molar-refractivity contribution in [2.75, 3.05) is 13.1 Å². The van der Waals surface area contributed by atoms with E-state index in [2.05, 4.69) is 10.3 Å². The van der Waals surface area contributed by atoms with E-state index in [9.17, 15) is 9.59 Å². The molecule has 7 heteroatoms. The number of carboxylic acid groups (broad SMARTS) is 1. The summed E-state index contributed by atoms with van der Waals surface area (Å²) in [7, 11) is 0. The van der Waals surface area contributed by atoms with Crippen LogP contribution in [0.2, 0.25) is 0 Å². The highest BCUT2D eigenvalue weighted by atomic mass is 16.4. The van der Waals surface area contributed by atoms with Crippen molar-refractivity contribution in [1.29, 1.82) is 0 Å². The summed E-state index contributed by atoms with van der Waals surface area (Å²) < 4.78 is 1.46. The minimum absolute atomic E-state index is 0.0266. The van der Waals surface area contributed by atoms with E-state index in [0.29, 0.717) is 12.1 Å². The molecule has 0 unspecified atom stereocenters. The van der Waals surface area contributed by atoms with Crippen molar-refractivity contribution >= 4 is 11.9 Å². The number of carbonyl (C=O) groups is 2. The lowest BCUT2D eigenvalue weighted by Gasteiger charge is -2.30. The minimum atomic E-state index is -0.865. The van der Waals surface area contributed by atoms with Crippen molar-refractivity contribution < 1.29 is 14.7 Å². The summed E-state index contributed by atoms with van der Waals surface area (Å²) in [6, 6.07) is 0. The van der Waals surface area contributed by atoms with Crippen molar-refractivity contribution in [1.82, 2.24) is 19.9 Å². The molecule has 7 nitrogen and oxygen atoms in total. The molecule has 1 N–H and O–H groups in total. The lowest BCUT2D eigenvalue weighted by molar-refractivity contribution is -0.137. The Kier molecular flexibility index (Phi) is 3.36. The highest BCUT2D eigenvalue weighted by Gasteiger charge is 2.20. The van der Waals surface area contributed by atoms with E-state index in [1.807, 2.05) is 0 Å². The average molecular weight is 238 g/mol. The number of carbonyl (C=O) groups excluding carboxylic acids is 1. The smallest absolute Gasteiger partial charge is 0.303 e. The fraction of sp³-hybridized carbons (Fsp3) is 0.600. The molecule has 1 aromatic rings. The molecule has 0 radical (unpaired) electrons. The summed E-state index contributed by atoms with van der Waals surface area (Å²) in [5.41, 5.74) is 0.601. The fourth-order valence-corrected chi connectivity index (χ4v) is 1.57. The van der Waals surface area contributed by atoms with Crippen molar-refractivity contribution in [3.05, 3.63) is 11.9 Å². The number of hydrogen-bond donors (Lipinski definition) is 1. The topological polar surface area (TPSA) is 88.3 Å². The van der Waals surface area contributed by atoms with Gasteiger partial charge in [-0.2, -0.15) is 0 Å². The number of hydrogen-bond acceptors (Lipinski definition) is 4. The molecule has 1 saturated heterocycles. The molecule has 1 fully saturated rings. The predicted octanol–water partition coefficient (Wildman–Crippen LogP) is -0.472. The Hall–Kier alpha value is -1.92. The number of aliphatic carboxylic acids is 1. The van der Waals surface area contributed by atoms with Crippen molar-refractivity contribution in [2.45, 2.75) is 25.8 Å². The van der Waals surface area contributed by atoms with Gasteiger partial charge in [-0.1, -0.05) is 5.21 Å².